The quantitative estimate of drug-likeness (QED) is 0.750. The first-order valence-corrected chi connectivity index (χ1v) is 6.88. The lowest BCUT2D eigenvalue weighted by molar-refractivity contribution is -0.133. The van der Waals surface area contributed by atoms with Crippen molar-refractivity contribution in [2.75, 3.05) is 19.6 Å². The molecule has 2 heterocycles. The van der Waals surface area contributed by atoms with Crippen molar-refractivity contribution in [2.24, 2.45) is 5.92 Å². The highest BCUT2D eigenvalue weighted by molar-refractivity contribution is 5.86. The molecule has 2 saturated heterocycles. The van der Waals surface area contributed by atoms with Crippen LogP contribution in [0.1, 0.15) is 33.1 Å². The summed E-state index contributed by atoms with van der Waals surface area (Å²) in [5.41, 5.74) is 0. The maximum Gasteiger partial charge on any atom is 0.239 e. The van der Waals surface area contributed by atoms with Crippen LogP contribution < -0.4 is 10.6 Å². The molecule has 0 aromatic rings. The lowest BCUT2D eigenvalue weighted by Gasteiger charge is -2.36. The Balaban J connectivity index is 1.84. The summed E-state index contributed by atoms with van der Waals surface area (Å²) in [7, 11) is 0. The van der Waals surface area contributed by atoms with E-state index in [0.29, 0.717) is 18.4 Å². The zero-order valence-electron chi connectivity index (χ0n) is 11.2. The molecule has 18 heavy (non-hydrogen) atoms. The van der Waals surface area contributed by atoms with Crippen molar-refractivity contribution in [3.8, 4) is 0 Å². The summed E-state index contributed by atoms with van der Waals surface area (Å²) in [5.74, 6) is 0.560. The standard InChI is InChI=1S/C13H23N3O2/c1-9-5-6-14-10(2)13(9)15-11(17)8-16-7-3-4-12(16)18/h9-10,13-14H,3-8H2,1-2H3,(H,15,17). The lowest BCUT2D eigenvalue weighted by atomic mass is 9.89. The van der Waals surface area contributed by atoms with E-state index in [1.54, 1.807) is 4.90 Å². The zero-order chi connectivity index (χ0) is 13.1. The number of amides is 2. The Bertz CT molecular complexity index is 322. The van der Waals surface area contributed by atoms with Crippen LogP contribution in [0.3, 0.4) is 0 Å². The van der Waals surface area contributed by atoms with Crippen LogP contribution in [0.15, 0.2) is 0 Å². The van der Waals surface area contributed by atoms with E-state index in [9.17, 15) is 9.59 Å². The SMILES string of the molecule is CC1CCNC(C)C1NC(=O)CN1CCCC1=O. The van der Waals surface area contributed by atoms with E-state index in [4.69, 9.17) is 0 Å². The second-order valence-electron chi connectivity index (χ2n) is 5.52. The molecule has 5 heteroatoms. The molecule has 0 radical (unpaired) electrons. The minimum Gasteiger partial charge on any atom is -0.350 e. The fourth-order valence-electron chi connectivity index (χ4n) is 2.88. The molecule has 102 valence electrons. The van der Waals surface area contributed by atoms with Crippen LogP contribution in [0.2, 0.25) is 0 Å². The summed E-state index contributed by atoms with van der Waals surface area (Å²) >= 11 is 0. The van der Waals surface area contributed by atoms with Crippen molar-refractivity contribution in [3.63, 3.8) is 0 Å². The van der Waals surface area contributed by atoms with Gasteiger partial charge in [-0.1, -0.05) is 6.92 Å². The van der Waals surface area contributed by atoms with Gasteiger partial charge in [0.2, 0.25) is 11.8 Å². The molecule has 0 aromatic heterocycles. The normalized spacial score (nSPS) is 32.7. The molecule has 0 bridgehead atoms. The number of carbonyl (C=O) groups excluding carboxylic acids is 2. The summed E-state index contributed by atoms with van der Waals surface area (Å²) in [6.07, 6.45) is 2.55. The summed E-state index contributed by atoms with van der Waals surface area (Å²) in [6.45, 7) is 6.22. The average Bonchev–Trinajstić information content (AvgIpc) is 2.70. The fourth-order valence-corrected chi connectivity index (χ4v) is 2.88. The van der Waals surface area contributed by atoms with Gasteiger partial charge in [0.1, 0.15) is 0 Å². The van der Waals surface area contributed by atoms with Gasteiger partial charge in [0.25, 0.3) is 0 Å². The molecule has 3 unspecified atom stereocenters. The number of likely N-dealkylation sites (tertiary alicyclic amines) is 1. The van der Waals surface area contributed by atoms with E-state index in [1.165, 1.54) is 0 Å². The molecule has 0 saturated carbocycles. The summed E-state index contributed by atoms with van der Waals surface area (Å²) in [4.78, 5) is 25.1. The minimum atomic E-state index is -0.0300. The summed E-state index contributed by atoms with van der Waals surface area (Å²) in [5, 5.41) is 6.45. The molecule has 2 aliphatic heterocycles. The van der Waals surface area contributed by atoms with Gasteiger partial charge in [-0.05, 0) is 32.2 Å². The van der Waals surface area contributed by atoms with E-state index in [1.807, 2.05) is 0 Å². The van der Waals surface area contributed by atoms with Crippen LogP contribution in [0.4, 0.5) is 0 Å². The number of nitrogens with zero attached hydrogens (tertiary/aromatic N) is 1. The van der Waals surface area contributed by atoms with Crippen molar-refractivity contribution >= 4 is 11.8 Å². The summed E-state index contributed by atoms with van der Waals surface area (Å²) in [6, 6.07) is 0.468. The van der Waals surface area contributed by atoms with Gasteiger partial charge >= 0.3 is 0 Å². The predicted octanol–water partition coefficient (Wildman–Crippen LogP) is 0.112. The Morgan fingerprint density at radius 3 is 2.89 bits per heavy atom. The van der Waals surface area contributed by atoms with Crippen molar-refractivity contribution in [1.29, 1.82) is 0 Å². The van der Waals surface area contributed by atoms with Crippen molar-refractivity contribution in [2.45, 2.75) is 45.2 Å². The molecule has 0 aliphatic carbocycles. The van der Waals surface area contributed by atoms with Crippen LogP contribution >= 0.6 is 0 Å². The Morgan fingerprint density at radius 2 is 2.28 bits per heavy atom. The van der Waals surface area contributed by atoms with Crippen molar-refractivity contribution in [3.05, 3.63) is 0 Å². The van der Waals surface area contributed by atoms with E-state index < -0.39 is 0 Å². The van der Waals surface area contributed by atoms with Crippen LogP contribution in [0, 0.1) is 5.92 Å². The van der Waals surface area contributed by atoms with Gasteiger partial charge in [-0.25, -0.2) is 0 Å². The number of carbonyl (C=O) groups is 2. The number of piperidine rings is 1. The van der Waals surface area contributed by atoms with Gasteiger partial charge in [0, 0.05) is 25.0 Å². The highest BCUT2D eigenvalue weighted by atomic mass is 16.2. The topological polar surface area (TPSA) is 61.4 Å². The molecular weight excluding hydrogens is 230 g/mol. The van der Waals surface area contributed by atoms with Gasteiger partial charge in [0.15, 0.2) is 0 Å². The average molecular weight is 253 g/mol. The highest BCUT2D eigenvalue weighted by Gasteiger charge is 2.30. The highest BCUT2D eigenvalue weighted by Crippen LogP contribution is 2.16. The smallest absolute Gasteiger partial charge is 0.239 e. The molecule has 3 atom stereocenters. The molecule has 2 fully saturated rings. The second-order valence-corrected chi connectivity index (χ2v) is 5.52. The third kappa shape index (κ3) is 3.02. The largest absolute Gasteiger partial charge is 0.350 e. The van der Waals surface area contributed by atoms with Gasteiger partial charge in [-0.3, -0.25) is 9.59 Å². The summed E-state index contributed by atoms with van der Waals surface area (Å²) < 4.78 is 0. The number of hydrogen-bond acceptors (Lipinski definition) is 3. The van der Waals surface area contributed by atoms with Gasteiger partial charge < -0.3 is 15.5 Å². The third-order valence-electron chi connectivity index (χ3n) is 4.05. The van der Waals surface area contributed by atoms with Crippen LogP contribution in [-0.2, 0) is 9.59 Å². The third-order valence-corrected chi connectivity index (χ3v) is 4.05. The maximum absolute atomic E-state index is 12.0. The van der Waals surface area contributed by atoms with Crippen LogP contribution in [0.5, 0.6) is 0 Å². The number of rotatable bonds is 3. The van der Waals surface area contributed by atoms with E-state index in [2.05, 4.69) is 24.5 Å². The lowest BCUT2D eigenvalue weighted by Crippen LogP contribution is -2.57. The minimum absolute atomic E-state index is 0.0300. The van der Waals surface area contributed by atoms with E-state index in [0.717, 1.165) is 25.9 Å². The van der Waals surface area contributed by atoms with Gasteiger partial charge in [-0.2, -0.15) is 0 Å². The van der Waals surface area contributed by atoms with Gasteiger partial charge in [-0.15, -0.1) is 0 Å². The monoisotopic (exact) mass is 253 g/mol. The van der Waals surface area contributed by atoms with E-state index in [-0.39, 0.29) is 24.4 Å². The van der Waals surface area contributed by atoms with Crippen LogP contribution in [0.25, 0.3) is 0 Å². The molecular formula is C13H23N3O2. The molecule has 2 N–H and O–H groups in total. The maximum atomic E-state index is 12.0. The van der Waals surface area contributed by atoms with E-state index >= 15 is 0 Å². The first kappa shape index (κ1) is 13.3. The van der Waals surface area contributed by atoms with Gasteiger partial charge in [0.05, 0.1) is 6.54 Å². The van der Waals surface area contributed by atoms with Crippen molar-refractivity contribution in [1.82, 2.24) is 15.5 Å². The molecule has 2 rings (SSSR count). The zero-order valence-corrected chi connectivity index (χ0v) is 11.2. The second kappa shape index (κ2) is 5.69. The first-order chi connectivity index (χ1) is 8.58. The predicted molar refractivity (Wildman–Crippen MR) is 69.0 cm³/mol. The first-order valence-electron chi connectivity index (χ1n) is 6.88. The molecule has 2 aliphatic rings. The Hall–Kier alpha value is -1.10. The molecule has 2 amide bonds. The van der Waals surface area contributed by atoms with Crippen molar-refractivity contribution < 1.29 is 9.59 Å². The Morgan fingerprint density at radius 1 is 1.50 bits per heavy atom. The number of nitrogens with one attached hydrogen (secondary N) is 2. The number of hydrogen-bond donors (Lipinski definition) is 2. The molecule has 5 nitrogen and oxygen atoms in total. The Kier molecular flexibility index (Phi) is 4.22. The molecule has 0 aromatic carbocycles. The molecule has 0 spiro atoms. The fraction of sp³-hybridized carbons (Fsp3) is 0.846. The Labute approximate surface area is 108 Å². The van der Waals surface area contributed by atoms with Crippen LogP contribution in [-0.4, -0.2) is 48.4 Å².